The minimum atomic E-state index is -3.37. The summed E-state index contributed by atoms with van der Waals surface area (Å²) in [5.74, 6) is -0.620. The molecule has 0 rings (SSSR count). The van der Waals surface area contributed by atoms with Crippen LogP contribution in [0.4, 0.5) is 0 Å². The first-order chi connectivity index (χ1) is 5.87. The lowest BCUT2D eigenvalue weighted by molar-refractivity contribution is -0.143. The third-order valence-corrected chi connectivity index (χ3v) is 1.87. The molecule has 0 spiro atoms. The van der Waals surface area contributed by atoms with Crippen molar-refractivity contribution in [1.29, 1.82) is 0 Å². The fourth-order valence-electron chi connectivity index (χ4n) is 0.635. The molecule has 0 aromatic carbocycles. The molecule has 1 atom stereocenters. The molecule has 0 aliphatic heterocycles. The number of sulfonamides is 1. The Balaban J connectivity index is 4.04. The number of hydrogen-bond donors (Lipinski definition) is 1. The summed E-state index contributed by atoms with van der Waals surface area (Å²) in [4.78, 5) is 11.0. The Morgan fingerprint density at radius 3 is 2.62 bits per heavy atom. The van der Waals surface area contributed by atoms with Crippen LogP contribution in [-0.2, 0) is 19.6 Å². The van der Waals surface area contributed by atoms with Crippen molar-refractivity contribution in [2.24, 2.45) is 0 Å². The fraction of sp³-hybridized carbons (Fsp3) is 0.571. The van der Waals surface area contributed by atoms with Gasteiger partial charge < -0.3 is 4.74 Å². The molecule has 1 unspecified atom stereocenters. The van der Waals surface area contributed by atoms with Crippen molar-refractivity contribution in [2.75, 3.05) is 12.9 Å². The highest BCUT2D eigenvalue weighted by atomic mass is 32.2. The van der Waals surface area contributed by atoms with E-state index in [2.05, 4.69) is 16.0 Å². The Hall–Kier alpha value is -0.880. The van der Waals surface area contributed by atoms with E-state index < -0.39 is 22.0 Å². The van der Waals surface area contributed by atoms with Gasteiger partial charge in [-0.2, -0.15) is 0 Å². The number of nitrogens with one attached hydrogen (secondary N) is 1. The first-order valence-corrected chi connectivity index (χ1v) is 5.51. The first-order valence-electron chi connectivity index (χ1n) is 3.61. The first kappa shape index (κ1) is 12.1. The molecule has 0 aliphatic carbocycles. The average molecular weight is 207 g/mol. The van der Waals surface area contributed by atoms with Gasteiger partial charge in [-0.05, 0) is 6.92 Å². The second kappa shape index (κ2) is 4.98. The van der Waals surface area contributed by atoms with E-state index in [0.29, 0.717) is 0 Å². The monoisotopic (exact) mass is 207 g/mol. The number of esters is 1. The standard InChI is InChI=1S/C7H13NO4S/c1-4-5-12-7(9)6(2)8-13(3,10)11/h4,6,8H,1,5H2,2-3H3. The summed E-state index contributed by atoms with van der Waals surface area (Å²) >= 11 is 0. The van der Waals surface area contributed by atoms with E-state index in [0.717, 1.165) is 6.26 Å². The number of ether oxygens (including phenoxy) is 1. The van der Waals surface area contributed by atoms with Crippen LogP contribution < -0.4 is 4.72 Å². The van der Waals surface area contributed by atoms with Crippen LogP contribution in [0.15, 0.2) is 12.7 Å². The van der Waals surface area contributed by atoms with Crippen LogP contribution in [0.25, 0.3) is 0 Å². The molecule has 0 heterocycles. The van der Waals surface area contributed by atoms with Crippen molar-refractivity contribution in [3.05, 3.63) is 12.7 Å². The predicted molar refractivity (Wildman–Crippen MR) is 48.6 cm³/mol. The summed E-state index contributed by atoms with van der Waals surface area (Å²) in [6.07, 6.45) is 2.38. The maximum atomic E-state index is 11.0. The van der Waals surface area contributed by atoms with Crippen LogP contribution in [0, 0.1) is 0 Å². The van der Waals surface area contributed by atoms with Gasteiger partial charge in [0.2, 0.25) is 10.0 Å². The third kappa shape index (κ3) is 6.30. The lowest BCUT2D eigenvalue weighted by Crippen LogP contribution is -2.38. The van der Waals surface area contributed by atoms with Gasteiger partial charge in [-0.3, -0.25) is 4.79 Å². The van der Waals surface area contributed by atoms with Crippen LogP contribution in [0.2, 0.25) is 0 Å². The quantitative estimate of drug-likeness (QED) is 0.494. The molecular formula is C7H13NO4S. The van der Waals surface area contributed by atoms with Crippen molar-refractivity contribution in [1.82, 2.24) is 4.72 Å². The lowest BCUT2D eigenvalue weighted by Gasteiger charge is -2.10. The number of carbonyl (C=O) groups is 1. The summed E-state index contributed by atoms with van der Waals surface area (Å²) in [6.45, 7) is 4.84. The second-order valence-electron chi connectivity index (χ2n) is 2.53. The molecule has 0 aromatic heterocycles. The zero-order chi connectivity index (χ0) is 10.5. The van der Waals surface area contributed by atoms with Gasteiger partial charge in [0.15, 0.2) is 0 Å². The maximum Gasteiger partial charge on any atom is 0.324 e. The normalized spacial score (nSPS) is 13.4. The average Bonchev–Trinajstić information content (AvgIpc) is 1.96. The minimum Gasteiger partial charge on any atom is -0.460 e. The van der Waals surface area contributed by atoms with Crippen LogP contribution in [0.5, 0.6) is 0 Å². The van der Waals surface area contributed by atoms with E-state index in [1.54, 1.807) is 0 Å². The highest BCUT2D eigenvalue weighted by Crippen LogP contribution is 1.90. The summed E-state index contributed by atoms with van der Waals surface area (Å²) in [6, 6.07) is -0.866. The van der Waals surface area contributed by atoms with Crippen molar-refractivity contribution < 1.29 is 17.9 Å². The van der Waals surface area contributed by atoms with Gasteiger partial charge in [-0.25, -0.2) is 13.1 Å². The van der Waals surface area contributed by atoms with E-state index >= 15 is 0 Å². The van der Waals surface area contributed by atoms with E-state index in [-0.39, 0.29) is 6.61 Å². The zero-order valence-electron chi connectivity index (χ0n) is 7.61. The lowest BCUT2D eigenvalue weighted by atomic mass is 10.4. The van der Waals surface area contributed by atoms with Crippen LogP contribution >= 0.6 is 0 Å². The van der Waals surface area contributed by atoms with Crippen molar-refractivity contribution >= 4 is 16.0 Å². The van der Waals surface area contributed by atoms with E-state index in [9.17, 15) is 13.2 Å². The molecular weight excluding hydrogens is 194 g/mol. The third-order valence-electron chi connectivity index (χ3n) is 1.09. The van der Waals surface area contributed by atoms with Crippen molar-refractivity contribution in [3.8, 4) is 0 Å². The summed E-state index contributed by atoms with van der Waals surface area (Å²) in [7, 11) is -3.37. The van der Waals surface area contributed by atoms with Gasteiger partial charge >= 0.3 is 5.97 Å². The van der Waals surface area contributed by atoms with Crippen LogP contribution in [0.3, 0.4) is 0 Å². The summed E-state index contributed by atoms with van der Waals surface area (Å²) < 4.78 is 28.1. The fourth-order valence-corrected chi connectivity index (χ4v) is 1.37. The minimum absolute atomic E-state index is 0.0780. The molecule has 0 saturated carbocycles. The maximum absolute atomic E-state index is 11.0. The van der Waals surface area contributed by atoms with Crippen LogP contribution in [-0.4, -0.2) is 33.3 Å². The highest BCUT2D eigenvalue weighted by molar-refractivity contribution is 7.88. The largest absolute Gasteiger partial charge is 0.460 e. The van der Waals surface area contributed by atoms with Gasteiger partial charge in [0.05, 0.1) is 6.26 Å². The second-order valence-corrected chi connectivity index (χ2v) is 4.31. The number of carbonyl (C=O) groups excluding carboxylic acids is 1. The smallest absolute Gasteiger partial charge is 0.324 e. The topological polar surface area (TPSA) is 72.5 Å². The highest BCUT2D eigenvalue weighted by Gasteiger charge is 2.17. The van der Waals surface area contributed by atoms with Gasteiger partial charge in [0.25, 0.3) is 0 Å². The molecule has 0 fully saturated rings. The van der Waals surface area contributed by atoms with Gasteiger partial charge in [0, 0.05) is 0 Å². The summed E-state index contributed by atoms with van der Waals surface area (Å²) in [5, 5.41) is 0. The van der Waals surface area contributed by atoms with E-state index in [1.807, 2.05) is 0 Å². The Morgan fingerprint density at radius 2 is 2.23 bits per heavy atom. The zero-order valence-corrected chi connectivity index (χ0v) is 8.43. The molecule has 0 radical (unpaired) electrons. The molecule has 0 amide bonds. The molecule has 0 aromatic rings. The van der Waals surface area contributed by atoms with Gasteiger partial charge in [0.1, 0.15) is 12.6 Å². The Morgan fingerprint density at radius 1 is 1.69 bits per heavy atom. The summed E-state index contributed by atoms with van der Waals surface area (Å²) in [5.41, 5.74) is 0. The van der Waals surface area contributed by atoms with Crippen molar-refractivity contribution in [3.63, 3.8) is 0 Å². The Bertz CT molecular complexity index is 283. The predicted octanol–water partition coefficient (Wildman–Crippen LogP) is -0.347. The Kier molecular flexibility index (Phi) is 4.64. The molecule has 0 saturated heterocycles. The van der Waals surface area contributed by atoms with E-state index in [4.69, 9.17) is 0 Å². The molecule has 5 nitrogen and oxygen atoms in total. The van der Waals surface area contributed by atoms with Crippen molar-refractivity contribution in [2.45, 2.75) is 13.0 Å². The van der Waals surface area contributed by atoms with E-state index in [1.165, 1.54) is 13.0 Å². The van der Waals surface area contributed by atoms with Crippen LogP contribution in [0.1, 0.15) is 6.92 Å². The van der Waals surface area contributed by atoms with Gasteiger partial charge in [-0.15, -0.1) is 0 Å². The van der Waals surface area contributed by atoms with Gasteiger partial charge in [-0.1, -0.05) is 12.7 Å². The Labute approximate surface area is 77.8 Å². The molecule has 6 heteroatoms. The number of hydrogen-bond acceptors (Lipinski definition) is 4. The molecule has 0 aliphatic rings. The molecule has 0 bridgehead atoms. The molecule has 13 heavy (non-hydrogen) atoms. The SMILES string of the molecule is C=CCOC(=O)C(C)NS(C)(=O)=O. The number of rotatable bonds is 5. The molecule has 1 N–H and O–H groups in total. The molecule has 76 valence electrons.